The Bertz CT molecular complexity index is 501. The Morgan fingerprint density at radius 3 is 2.80 bits per heavy atom. The molecule has 0 bridgehead atoms. The Balaban J connectivity index is 0.00000147. The van der Waals surface area contributed by atoms with Crippen molar-refractivity contribution < 1.29 is 14.3 Å². The standard InChI is InChI=1S/C14H18N2O3.ClH/c1-2-18-10-3-4-12-11(9-10)13(17)16-14(19-12)5-7-15-8-6-14;/h3-4,9,15H,2,5-8H2,1H3,(H,16,17);1H. The first kappa shape index (κ1) is 14.9. The van der Waals surface area contributed by atoms with E-state index in [1.165, 1.54) is 0 Å². The van der Waals surface area contributed by atoms with E-state index in [-0.39, 0.29) is 18.3 Å². The lowest BCUT2D eigenvalue weighted by Gasteiger charge is -2.41. The van der Waals surface area contributed by atoms with Gasteiger partial charge in [-0.2, -0.15) is 0 Å². The van der Waals surface area contributed by atoms with Gasteiger partial charge in [-0.25, -0.2) is 0 Å². The Hall–Kier alpha value is -1.46. The molecule has 0 unspecified atom stereocenters. The van der Waals surface area contributed by atoms with Crippen LogP contribution in [0.5, 0.6) is 11.5 Å². The van der Waals surface area contributed by atoms with Crippen molar-refractivity contribution in [3.63, 3.8) is 0 Å². The number of fused-ring (bicyclic) bond motifs is 1. The van der Waals surface area contributed by atoms with Crippen molar-refractivity contribution >= 4 is 18.3 Å². The molecule has 0 radical (unpaired) electrons. The van der Waals surface area contributed by atoms with Crippen LogP contribution >= 0.6 is 12.4 Å². The molecule has 2 aliphatic rings. The highest BCUT2D eigenvalue weighted by atomic mass is 35.5. The minimum Gasteiger partial charge on any atom is -0.494 e. The van der Waals surface area contributed by atoms with Gasteiger partial charge >= 0.3 is 0 Å². The minimum atomic E-state index is -0.539. The Labute approximate surface area is 124 Å². The summed E-state index contributed by atoms with van der Waals surface area (Å²) in [5.74, 6) is 1.26. The van der Waals surface area contributed by atoms with E-state index >= 15 is 0 Å². The SMILES string of the molecule is CCOc1ccc2c(c1)C(=O)NC1(CCNCC1)O2.Cl. The number of benzene rings is 1. The molecule has 0 aromatic heterocycles. The molecule has 0 aliphatic carbocycles. The Morgan fingerprint density at radius 2 is 2.10 bits per heavy atom. The summed E-state index contributed by atoms with van der Waals surface area (Å²) in [6, 6.07) is 5.40. The van der Waals surface area contributed by atoms with E-state index in [0.29, 0.717) is 23.7 Å². The second-order valence-electron chi connectivity index (χ2n) is 4.89. The van der Waals surface area contributed by atoms with Crippen molar-refractivity contribution in [1.29, 1.82) is 0 Å². The van der Waals surface area contributed by atoms with Gasteiger partial charge in [0.2, 0.25) is 0 Å². The zero-order chi connectivity index (χ0) is 13.3. The first-order chi connectivity index (χ1) is 9.22. The van der Waals surface area contributed by atoms with Crippen LogP contribution in [-0.4, -0.2) is 31.3 Å². The molecule has 1 aromatic carbocycles. The molecule has 1 fully saturated rings. The average molecular weight is 299 g/mol. The van der Waals surface area contributed by atoms with E-state index in [9.17, 15) is 4.79 Å². The second kappa shape index (κ2) is 5.89. The monoisotopic (exact) mass is 298 g/mol. The van der Waals surface area contributed by atoms with E-state index in [0.717, 1.165) is 25.9 Å². The largest absolute Gasteiger partial charge is 0.494 e. The number of ether oxygens (including phenoxy) is 2. The van der Waals surface area contributed by atoms with Gasteiger partial charge in [-0.05, 0) is 25.1 Å². The van der Waals surface area contributed by atoms with Crippen LogP contribution in [0.4, 0.5) is 0 Å². The first-order valence-electron chi connectivity index (χ1n) is 6.71. The van der Waals surface area contributed by atoms with Crippen molar-refractivity contribution in [3.05, 3.63) is 23.8 Å². The summed E-state index contributed by atoms with van der Waals surface area (Å²) in [5, 5.41) is 6.27. The normalized spacial score (nSPS) is 19.4. The smallest absolute Gasteiger partial charge is 0.258 e. The van der Waals surface area contributed by atoms with Crippen LogP contribution in [-0.2, 0) is 0 Å². The van der Waals surface area contributed by atoms with Crippen molar-refractivity contribution in [3.8, 4) is 11.5 Å². The molecule has 1 spiro atoms. The molecule has 3 rings (SSSR count). The number of hydrogen-bond donors (Lipinski definition) is 2. The fourth-order valence-electron chi connectivity index (χ4n) is 2.60. The lowest BCUT2D eigenvalue weighted by atomic mass is 9.98. The molecule has 1 aromatic rings. The van der Waals surface area contributed by atoms with Gasteiger partial charge in [0.25, 0.3) is 5.91 Å². The number of hydrogen-bond acceptors (Lipinski definition) is 4. The lowest BCUT2D eigenvalue weighted by molar-refractivity contribution is -0.00361. The molecule has 20 heavy (non-hydrogen) atoms. The molecule has 2 aliphatic heterocycles. The predicted octanol–water partition coefficient (Wildman–Crippen LogP) is 1.71. The molecule has 2 N–H and O–H groups in total. The van der Waals surface area contributed by atoms with E-state index in [1.54, 1.807) is 6.07 Å². The van der Waals surface area contributed by atoms with Crippen LogP contribution in [0.2, 0.25) is 0 Å². The first-order valence-corrected chi connectivity index (χ1v) is 6.71. The average Bonchev–Trinajstić information content (AvgIpc) is 2.41. The number of halogens is 1. The van der Waals surface area contributed by atoms with E-state index in [2.05, 4.69) is 10.6 Å². The highest BCUT2D eigenvalue weighted by Gasteiger charge is 2.40. The number of carbonyl (C=O) groups is 1. The molecule has 0 saturated carbocycles. The van der Waals surface area contributed by atoms with Crippen molar-refractivity contribution in [2.75, 3.05) is 19.7 Å². The van der Waals surface area contributed by atoms with Crippen LogP contribution in [0.25, 0.3) is 0 Å². The van der Waals surface area contributed by atoms with Crippen LogP contribution < -0.4 is 20.1 Å². The Morgan fingerprint density at radius 1 is 1.35 bits per heavy atom. The number of carbonyl (C=O) groups excluding carboxylic acids is 1. The fraction of sp³-hybridized carbons (Fsp3) is 0.500. The van der Waals surface area contributed by atoms with Gasteiger partial charge in [0.05, 0.1) is 12.2 Å². The summed E-state index contributed by atoms with van der Waals surface area (Å²) < 4.78 is 11.4. The third-order valence-corrected chi connectivity index (χ3v) is 3.56. The lowest BCUT2D eigenvalue weighted by Crippen LogP contribution is -2.60. The minimum absolute atomic E-state index is 0. The molecule has 6 heteroatoms. The van der Waals surface area contributed by atoms with E-state index < -0.39 is 5.72 Å². The maximum absolute atomic E-state index is 12.2. The molecule has 110 valence electrons. The third-order valence-electron chi connectivity index (χ3n) is 3.56. The summed E-state index contributed by atoms with van der Waals surface area (Å²) >= 11 is 0. The van der Waals surface area contributed by atoms with Crippen molar-refractivity contribution in [1.82, 2.24) is 10.6 Å². The molecule has 2 heterocycles. The third kappa shape index (κ3) is 2.69. The molecule has 0 atom stereocenters. The summed E-state index contributed by atoms with van der Waals surface area (Å²) in [4.78, 5) is 12.2. The van der Waals surface area contributed by atoms with Gasteiger partial charge < -0.3 is 20.1 Å². The summed E-state index contributed by atoms with van der Waals surface area (Å²) in [6.07, 6.45) is 1.57. The van der Waals surface area contributed by atoms with Crippen LogP contribution in [0.15, 0.2) is 18.2 Å². The van der Waals surface area contributed by atoms with Gasteiger partial charge in [0.1, 0.15) is 11.5 Å². The summed E-state index contributed by atoms with van der Waals surface area (Å²) in [6.45, 7) is 4.20. The van der Waals surface area contributed by atoms with Crippen LogP contribution in [0.1, 0.15) is 30.1 Å². The Kier molecular flexibility index (Phi) is 4.40. The fourth-order valence-corrected chi connectivity index (χ4v) is 2.60. The topological polar surface area (TPSA) is 59.6 Å². The maximum Gasteiger partial charge on any atom is 0.258 e. The number of rotatable bonds is 2. The molecular formula is C14H19ClN2O3. The zero-order valence-corrected chi connectivity index (χ0v) is 12.2. The van der Waals surface area contributed by atoms with Gasteiger partial charge in [-0.3, -0.25) is 4.79 Å². The quantitative estimate of drug-likeness (QED) is 0.873. The van der Waals surface area contributed by atoms with Gasteiger partial charge in [0, 0.05) is 25.9 Å². The second-order valence-corrected chi connectivity index (χ2v) is 4.89. The van der Waals surface area contributed by atoms with Crippen molar-refractivity contribution in [2.45, 2.75) is 25.5 Å². The van der Waals surface area contributed by atoms with Crippen molar-refractivity contribution in [2.24, 2.45) is 0 Å². The molecule has 1 saturated heterocycles. The highest BCUT2D eigenvalue weighted by Crippen LogP contribution is 2.34. The number of amides is 1. The number of nitrogens with one attached hydrogen (secondary N) is 2. The van der Waals surface area contributed by atoms with Crippen LogP contribution in [0, 0.1) is 0 Å². The van der Waals surface area contributed by atoms with E-state index in [4.69, 9.17) is 9.47 Å². The summed E-state index contributed by atoms with van der Waals surface area (Å²) in [7, 11) is 0. The summed E-state index contributed by atoms with van der Waals surface area (Å²) in [5.41, 5.74) is 0.0118. The highest BCUT2D eigenvalue weighted by molar-refractivity contribution is 5.98. The van der Waals surface area contributed by atoms with Crippen LogP contribution in [0.3, 0.4) is 0 Å². The van der Waals surface area contributed by atoms with E-state index in [1.807, 2.05) is 19.1 Å². The zero-order valence-electron chi connectivity index (χ0n) is 11.4. The molecule has 5 nitrogen and oxygen atoms in total. The maximum atomic E-state index is 12.2. The van der Waals surface area contributed by atoms with Gasteiger partial charge in [0.15, 0.2) is 5.72 Å². The van der Waals surface area contributed by atoms with Gasteiger partial charge in [-0.1, -0.05) is 0 Å². The number of piperidine rings is 1. The van der Waals surface area contributed by atoms with Gasteiger partial charge in [-0.15, -0.1) is 12.4 Å². The molecular weight excluding hydrogens is 280 g/mol. The predicted molar refractivity (Wildman–Crippen MR) is 77.8 cm³/mol. The molecule has 1 amide bonds.